The molecule has 1 saturated heterocycles. The van der Waals surface area contributed by atoms with Crippen molar-refractivity contribution in [3.05, 3.63) is 69.7 Å². The number of piperidine rings is 1. The van der Waals surface area contributed by atoms with Crippen LogP contribution in [-0.4, -0.2) is 5.91 Å². The van der Waals surface area contributed by atoms with Gasteiger partial charge in [0.25, 0.3) is 0 Å². The standard InChI is InChI=1S/C17H15Cl2NO/c18-13-6-4-11(5-7-13)17-15(8-9-16(21)20-17)12-2-1-3-14(19)10-12/h1-7,10,15,17H,8-9H2,(H,20,21)/t15?,17-/m1/s1. The van der Waals surface area contributed by atoms with Gasteiger partial charge in [-0.25, -0.2) is 0 Å². The van der Waals surface area contributed by atoms with Crippen LogP contribution < -0.4 is 5.32 Å². The van der Waals surface area contributed by atoms with E-state index < -0.39 is 0 Å². The molecule has 2 atom stereocenters. The molecule has 1 heterocycles. The Labute approximate surface area is 134 Å². The molecule has 1 amide bonds. The van der Waals surface area contributed by atoms with Gasteiger partial charge in [-0.1, -0.05) is 47.5 Å². The molecule has 0 aromatic heterocycles. The van der Waals surface area contributed by atoms with Crippen LogP contribution in [0.3, 0.4) is 0 Å². The molecule has 2 aromatic rings. The minimum atomic E-state index is -0.0398. The van der Waals surface area contributed by atoms with Gasteiger partial charge in [0.15, 0.2) is 0 Å². The number of carbonyl (C=O) groups is 1. The second-order valence-electron chi connectivity index (χ2n) is 5.30. The van der Waals surface area contributed by atoms with Gasteiger partial charge in [0, 0.05) is 22.4 Å². The molecule has 1 unspecified atom stereocenters. The lowest BCUT2D eigenvalue weighted by Gasteiger charge is -2.33. The van der Waals surface area contributed by atoms with Crippen LogP contribution in [0.1, 0.15) is 35.9 Å². The van der Waals surface area contributed by atoms with E-state index in [1.165, 1.54) is 0 Å². The second-order valence-corrected chi connectivity index (χ2v) is 6.17. The van der Waals surface area contributed by atoms with Crippen LogP contribution in [0.25, 0.3) is 0 Å². The van der Waals surface area contributed by atoms with Crippen molar-refractivity contribution >= 4 is 29.1 Å². The predicted octanol–water partition coefficient (Wildman–Crippen LogP) is 4.73. The van der Waals surface area contributed by atoms with Crippen molar-refractivity contribution in [1.29, 1.82) is 0 Å². The van der Waals surface area contributed by atoms with Gasteiger partial charge in [-0.3, -0.25) is 4.79 Å². The van der Waals surface area contributed by atoms with Gasteiger partial charge < -0.3 is 5.32 Å². The van der Waals surface area contributed by atoms with E-state index in [2.05, 4.69) is 11.4 Å². The van der Waals surface area contributed by atoms with Crippen molar-refractivity contribution < 1.29 is 4.79 Å². The Hall–Kier alpha value is -1.51. The third kappa shape index (κ3) is 3.22. The normalized spacial score (nSPS) is 21.9. The summed E-state index contributed by atoms with van der Waals surface area (Å²) in [7, 11) is 0. The maximum Gasteiger partial charge on any atom is 0.220 e. The summed E-state index contributed by atoms with van der Waals surface area (Å²) in [5.41, 5.74) is 2.22. The molecule has 1 fully saturated rings. The van der Waals surface area contributed by atoms with Gasteiger partial charge in [0.1, 0.15) is 0 Å². The second kappa shape index (κ2) is 6.08. The molecule has 108 valence electrons. The fraction of sp³-hybridized carbons (Fsp3) is 0.235. The fourth-order valence-corrected chi connectivity index (χ4v) is 3.21. The molecular formula is C17H15Cl2NO. The van der Waals surface area contributed by atoms with E-state index in [0.717, 1.165) is 22.6 Å². The summed E-state index contributed by atoms with van der Waals surface area (Å²) in [4.78, 5) is 11.8. The van der Waals surface area contributed by atoms with Crippen LogP contribution in [0.4, 0.5) is 0 Å². The van der Waals surface area contributed by atoms with Crippen LogP contribution in [0.15, 0.2) is 48.5 Å². The molecule has 2 nitrogen and oxygen atoms in total. The number of amides is 1. The van der Waals surface area contributed by atoms with Crippen molar-refractivity contribution in [3.63, 3.8) is 0 Å². The Balaban J connectivity index is 1.96. The van der Waals surface area contributed by atoms with E-state index in [9.17, 15) is 4.79 Å². The van der Waals surface area contributed by atoms with Crippen molar-refractivity contribution in [3.8, 4) is 0 Å². The molecule has 2 aromatic carbocycles. The summed E-state index contributed by atoms with van der Waals surface area (Å²) in [5.74, 6) is 0.316. The maximum absolute atomic E-state index is 11.8. The molecule has 1 aliphatic heterocycles. The summed E-state index contributed by atoms with van der Waals surface area (Å²) < 4.78 is 0. The molecule has 0 radical (unpaired) electrons. The van der Waals surface area contributed by atoms with E-state index in [1.807, 2.05) is 42.5 Å². The third-order valence-corrected chi connectivity index (χ3v) is 4.39. The first-order valence-electron chi connectivity index (χ1n) is 6.94. The van der Waals surface area contributed by atoms with Crippen LogP contribution in [0, 0.1) is 0 Å². The average Bonchev–Trinajstić information content (AvgIpc) is 2.48. The molecule has 0 spiro atoms. The molecular weight excluding hydrogens is 305 g/mol. The smallest absolute Gasteiger partial charge is 0.220 e. The van der Waals surface area contributed by atoms with Crippen molar-refractivity contribution in [2.24, 2.45) is 0 Å². The van der Waals surface area contributed by atoms with Gasteiger partial charge in [-0.2, -0.15) is 0 Å². The fourth-order valence-electron chi connectivity index (χ4n) is 2.88. The molecule has 1 aliphatic rings. The summed E-state index contributed by atoms with van der Waals surface area (Å²) in [6.07, 6.45) is 1.36. The lowest BCUT2D eigenvalue weighted by Crippen LogP contribution is -2.37. The molecule has 1 N–H and O–H groups in total. The summed E-state index contributed by atoms with van der Waals surface area (Å²) >= 11 is 12.1. The Morgan fingerprint density at radius 1 is 0.952 bits per heavy atom. The van der Waals surface area contributed by atoms with E-state index in [4.69, 9.17) is 23.2 Å². The summed E-state index contributed by atoms with van der Waals surface area (Å²) in [6, 6.07) is 15.5. The maximum atomic E-state index is 11.8. The monoisotopic (exact) mass is 319 g/mol. The first kappa shape index (κ1) is 14.4. The molecule has 4 heteroatoms. The molecule has 21 heavy (non-hydrogen) atoms. The lowest BCUT2D eigenvalue weighted by molar-refractivity contribution is -0.123. The Morgan fingerprint density at radius 2 is 1.71 bits per heavy atom. The lowest BCUT2D eigenvalue weighted by atomic mass is 9.81. The molecule has 3 rings (SSSR count). The highest BCUT2D eigenvalue weighted by Crippen LogP contribution is 2.38. The van der Waals surface area contributed by atoms with Crippen molar-refractivity contribution in [1.82, 2.24) is 5.32 Å². The number of hydrogen-bond acceptors (Lipinski definition) is 1. The van der Waals surface area contributed by atoms with Gasteiger partial charge in [-0.15, -0.1) is 0 Å². The largest absolute Gasteiger partial charge is 0.349 e. The topological polar surface area (TPSA) is 29.1 Å². The number of benzene rings is 2. The summed E-state index contributed by atoms with van der Waals surface area (Å²) in [6.45, 7) is 0. The van der Waals surface area contributed by atoms with E-state index in [0.29, 0.717) is 11.4 Å². The van der Waals surface area contributed by atoms with Crippen molar-refractivity contribution in [2.75, 3.05) is 0 Å². The van der Waals surface area contributed by atoms with E-state index >= 15 is 0 Å². The SMILES string of the molecule is O=C1CCC(c2cccc(Cl)c2)[C@@H](c2ccc(Cl)cc2)N1. The Kier molecular flexibility index (Phi) is 4.18. The number of rotatable bonds is 2. The average molecular weight is 320 g/mol. The zero-order valence-corrected chi connectivity index (χ0v) is 12.9. The molecule has 0 aliphatic carbocycles. The number of carbonyl (C=O) groups excluding carboxylic acids is 1. The quantitative estimate of drug-likeness (QED) is 0.852. The van der Waals surface area contributed by atoms with E-state index in [-0.39, 0.29) is 17.9 Å². The third-order valence-electron chi connectivity index (χ3n) is 3.91. The highest BCUT2D eigenvalue weighted by atomic mass is 35.5. The first-order valence-corrected chi connectivity index (χ1v) is 7.69. The van der Waals surface area contributed by atoms with E-state index in [1.54, 1.807) is 0 Å². The minimum absolute atomic E-state index is 0.0398. The van der Waals surface area contributed by atoms with Gasteiger partial charge in [0.05, 0.1) is 6.04 Å². The Morgan fingerprint density at radius 3 is 2.43 bits per heavy atom. The number of nitrogens with one attached hydrogen (secondary N) is 1. The van der Waals surface area contributed by atoms with Crippen LogP contribution >= 0.6 is 23.2 Å². The van der Waals surface area contributed by atoms with Crippen LogP contribution in [0.2, 0.25) is 10.0 Å². The first-order chi connectivity index (χ1) is 10.1. The van der Waals surface area contributed by atoms with Gasteiger partial charge in [-0.05, 0) is 41.8 Å². The van der Waals surface area contributed by atoms with Crippen LogP contribution in [-0.2, 0) is 4.79 Å². The number of hydrogen-bond donors (Lipinski definition) is 1. The minimum Gasteiger partial charge on any atom is -0.349 e. The van der Waals surface area contributed by atoms with Gasteiger partial charge in [0.2, 0.25) is 5.91 Å². The zero-order valence-electron chi connectivity index (χ0n) is 11.4. The highest BCUT2D eigenvalue weighted by molar-refractivity contribution is 6.30. The van der Waals surface area contributed by atoms with Gasteiger partial charge >= 0.3 is 0 Å². The zero-order chi connectivity index (χ0) is 14.8. The van der Waals surface area contributed by atoms with Crippen molar-refractivity contribution in [2.45, 2.75) is 24.8 Å². The van der Waals surface area contributed by atoms with Crippen LogP contribution in [0.5, 0.6) is 0 Å². The Bertz CT molecular complexity index is 654. The molecule has 0 bridgehead atoms. The highest BCUT2D eigenvalue weighted by Gasteiger charge is 2.31. The number of halogens is 2. The summed E-state index contributed by atoms with van der Waals surface area (Å²) in [5, 5.41) is 4.51. The predicted molar refractivity (Wildman–Crippen MR) is 85.8 cm³/mol. The molecule has 0 saturated carbocycles.